The lowest BCUT2D eigenvalue weighted by Crippen LogP contribution is -2.33. The highest BCUT2D eigenvalue weighted by Crippen LogP contribution is 2.50. The molecule has 0 radical (unpaired) electrons. The molecule has 2 aromatic rings. The van der Waals surface area contributed by atoms with Gasteiger partial charge in [0.2, 0.25) is 0 Å². The molecule has 1 aliphatic carbocycles. The first-order valence-corrected chi connectivity index (χ1v) is 9.73. The van der Waals surface area contributed by atoms with E-state index in [0.29, 0.717) is 11.8 Å². The first-order chi connectivity index (χ1) is 12.8. The molecule has 2 heterocycles. The van der Waals surface area contributed by atoms with E-state index in [1.165, 1.54) is 11.1 Å². The van der Waals surface area contributed by atoms with Gasteiger partial charge in [-0.25, -0.2) is 0 Å². The van der Waals surface area contributed by atoms with Crippen LogP contribution in [0.3, 0.4) is 0 Å². The summed E-state index contributed by atoms with van der Waals surface area (Å²) in [7, 11) is 0. The Balaban J connectivity index is 1.58. The Morgan fingerprint density at radius 3 is 2.62 bits per heavy atom. The van der Waals surface area contributed by atoms with Gasteiger partial charge in [0.1, 0.15) is 0 Å². The van der Waals surface area contributed by atoms with E-state index in [9.17, 15) is 4.79 Å². The normalized spacial score (nSPS) is 26.3. The molecular formula is C23H24N2O. The van der Waals surface area contributed by atoms with Crippen LogP contribution in [0.5, 0.6) is 0 Å². The summed E-state index contributed by atoms with van der Waals surface area (Å²) in [5.74, 6) is 1.09. The van der Waals surface area contributed by atoms with Crippen LogP contribution in [0, 0.1) is 5.92 Å². The molecule has 1 saturated heterocycles. The Hall–Kier alpha value is -2.55. The number of nitrogens with one attached hydrogen (secondary N) is 1. The van der Waals surface area contributed by atoms with E-state index in [4.69, 9.17) is 0 Å². The topological polar surface area (TPSA) is 32.3 Å². The van der Waals surface area contributed by atoms with Crippen LogP contribution in [0.25, 0.3) is 0 Å². The molecule has 0 spiro atoms. The van der Waals surface area contributed by atoms with Gasteiger partial charge in [-0.1, -0.05) is 54.6 Å². The van der Waals surface area contributed by atoms with Crippen molar-refractivity contribution in [1.29, 1.82) is 0 Å². The smallest absolute Gasteiger partial charge is 0.255 e. The zero-order chi connectivity index (χ0) is 17.5. The van der Waals surface area contributed by atoms with Crippen molar-refractivity contribution in [2.45, 2.75) is 31.2 Å². The number of allylic oxidation sites excluding steroid dienone is 2. The third-order valence-electron chi connectivity index (χ3n) is 6.18. The minimum absolute atomic E-state index is 0.180. The highest BCUT2D eigenvalue weighted by Gasteiger charge is 2.39. The number of hydrogen-bond donors (Lipinski definition) is 1. The van der Waals surface area contributed by atoms with Crippen molar-refractivity contribution in [2.75, 3.05) is 18.4 Å². The average molecular weight is 344 g/mol. The molecule has 1 fully saturated rings. The molecule has 2 aliphatic heterocycles. The van der Waals surface area contributed by atoms with Crippen molar-refractivity contribution >= 4 is 11.6 Å². The number of hydrogen-bond acceptors (Lipinski definition) is 2. The minimum Gasteiger partial charge on any atom is -0.377 e. The van der Waals surface area contributed by atoms with Crippen LogP contribution in [0.15, 0.2) is 60.7 Å². The fourth-order valence-corrected chi connectivity index (χ4v) is 4.88. The van der Waals surface area contributed by atoms with Crippen molar-refractivity contribution in [3.8, 4) is 0 Å². The summed E-state index contributed by atoms with van der Waals surface area (Å²) in [6.45, 7) is 1.77. The number of para-hydroxylation sites is 1. The summed E-state index contributed by atoms with van der Waals surface area (Å²) in [6.07, 6.45) is 7.96. The molecule has 3 aliphatic rings. The van der Waals surface area contributed by atoms with Crippen LogP contribution in [-0.2, 0) is 0 Å². The molecule has 3 heteroatoms. The van der Waals surface area contributed by atoms with Crippen LogP contribution in [-0.4, -0.2) is 23.9 Å². The summed E-state index contributed by atoms with van der Waals surface area (Å²) in [6, 6.07) is 17.1. The molecule has 3 nitrogen and oxygen atoms in total. The second-order valence-electron chi connectivity index (χ2n) is 7.66. The van der Waals surface area contributed by atoms with E-state index in [0.717, 1.165) is 43.6 Å². The number of carbonyl (C=O) groups is 1. The quantitative estimate of drug-likeness (QED) is 0.798. The van der Waals surface area contributed by atoms with Crippen molar-refractivity contribution in [1.82, 2.24) is 4.90 Å². The largest absolute Gasteiger partial charge is 0.377 e. The lowest BCUT2D eigenvalue weighted by molar-refractivity contribution is 0.0793. The Kier molecular flexibility index (Phi) is 3.81. The summed E-state index contributed by atoms with van der Waals surface area (Å²) in [5, 5.41) is 3.77. The zero-order valence-electron chi connectivity index (χ0n) is 14.9. The van der Waals surface area contributed by atoms with Crippen molar-refractivity contribution in [3.05, 3.63) is 77.4 Å². The van der Waals surface area contributed by atoms with E-state index in [2.05, 4.69) is 59.9 Å². The van der Waals surface area contributed by atoms with E-state index in [1.807, 2.05) is 11.0 Å². The Labute approximate surface area is 154 Å². The van der Waals surface area contributed by atoms with Gasteiger partial charge in [0.15, 0.2) is 0 Å². The fourth-order valence-electron chi connectivity index (χ4n) is 4.88. The highest BCUT2D eigenvalue weighted by molar-refractivity contribution is 6.01. The van der Waals surface area contributed by atoms with Gasteiger partial charge >= 0.3 is 0 Å². The van der Waals surface area contributed by atoms with E-state index < -0.39 is 0 Å². The molecule has 0 saturated carbocycles. The number of amides is 1. The van der Waals surface area contributed by atoms with Gasteiger partial charge in [-0.15, -0.1) is 0 Å². The van der Waals surface area contributed by atoms with Crippen molar-refractivity contribution in [2.24, 2.45) is 5.92 Å². The van der Waals surface area contributed by atoms with Gasteiger partial charge in [-0.05, 0) is 42.4 Å². The van der Waals surface area contributed by atoms with Crippen LogP contribution < -0.4 is 5.32 Å². The van der Waals surface area contributed by atoms with Crippen LogP contribution in [0.4, 0.5) is 5.69 Å². The number of benzene rings is 2. The van der Waals surface area contributed by atoms with Crippen molar-refractivity contribution < 1.29 is 4.79 Å². The summed E-state index contributed by atoms with van der Waals surface area (Å²) in [4.78, 5) is 15.1. The third-order valence-corrected chi connectivity index (χ3v) is 6.18. The predicted molar refractivity (Wildman–Crippen MR) is 104 cm³/mol. The predicted octanol–water partition coefficient (Wildman–Crippen LogP) is 4.75. The van der Waals surface area contributed by atoms with Crippen LogP contribution in [0.2, 0.25) is 0 Å². The lowest BCUT2D eigenvalue weighted by atomic mass is 9.76. The Morgan fingerprint density at radius 1 is 1.00 bits per heavy atom. The first-order valence-electron chi connectivity index (χ1n) is 9.73. The molecule has 0 aromatic heterocycles. The molecule has 1 N–H and O–H groups in total. The standard InChI is InChI=1S/C23H24N2O/c26-23(25-14-4-5-15-25)20-13-7-12-19-17-10-6-11-18(17)21(24-22(19)20)16-8-2-1-3-9-16/h1-3,6-10,12-13,17-18,21,24H,4-5,11,14-15H2. The van der Waals surface area contributed by atoms with Gasteiger partial charge in [-0.2, -0.15) is 0 Å². The highest BCUT2D eigenvalue weighted by atomic mass is 16.2. The lowest BCUT2D eigenvalue weighted by Gasteiger charge is -2.38. The van der Waals surface area contributed by atoms with Gasteiger partial charge in [0.05, 0.1) is 17.3 Å². The maximum Gasteiger partial charge on any atom is 0.255 e. The van der Waals surface area contributed by atoms with Crippen LogP contribution >= 0.6 is 0 Å². The molecule has 1 amide bonds. The number of likely N-dealkylation sites (tertiary alicyclic amines) is 1. The second kappa shape index (κ2) is 6.31. The summed E-state index contributed by atoms with van der Waals surface area (Å²) < 4.78 is 0. The fraction of sp³-hybridized carbons (Fsp3) is 0.348. The average Bonchev–Trinajstić information content (AvgIpc) is 3.39. The molecule has 26 heavy (non-hydrogen) atoms. The molecule has 0 bridgehead atoms. The molecule has 132 valence electrons. The van der Waals surface area contributed by atoms with E-state index in [-0.39, 0.29) is 11.9 Å². The number of anilines is 1. The van der Waals surface area contributed by atoms with Gasteiger partial charge in [0, 0.05) is 19.0 Å². The SMILES string of the molecule is O=C(c1cccc2c1NC(c1ccccc1)C1CC=CC21)N1CCCC1. The van der Waals surface area contributed by atoms with Gasteiger partial charge in [-0.3, -0.25) is 4.79 Å². The van der Waals surface area contributed by atoms with Crippen LogP contribution in [0.1, 0.15) is 52.7 Å². The molecular weight excluding hydrogens is 320 g/mol. The third kappa shape index (κ3) is 2.45. The molecule has 3 unspecified atom stereocenters. The number of carbonyl (C=O) groups excluding carboxylic acids is 1. The number of rotatable bonds is 2. The number of nitrogens with zero attached hydrogens (tertiary/aromatic N) is 1. The van der Waals surface area contributed by atoms with Gasteiger partial charge in [0.25, 0.3) is 5.91 Å². The molecule has 5 rings (SSSR count). The summed E-state index contributed by atoms with van der Waals surface area (Å²) in [5.41, 5.74) is 4.47. The molecule has 2 aromatic carbocycles. The minimum atomic E-state index is 0.180. The summed E-state index contributed by atoms with van der Waals surface area (Å²) >= 11 is 0. The maximum atomic E-state index is 13.1. The number of fused-ring (bicyclic) bond motifs is 3. The van der Waals surface area contributed by atoms with Gasteiger partial charge < -0.3 is 10.2 Å². The zero-order valence-corrected chi connectivity index (χ0v) is 14.9. The first kappa shape index (κ1) is 15.7. The van der Waals surface area contributed by atoms with E-state index >= 15 is 0 Å². The molecule has 3 atom stereocenters. The van der Waals surface area contributed by atoms with Crippen molar-refractivity contribution in [3.63, 3.8) is 0 Å². The maximum absolute atomic E-state index is 13.1. The second-order valence-corrected chi connectivity index (χ2v) is 7.66. The van der Waals surface area contributed by atoms with E-state index in [1.54, 1.807) is 0 Å². The Morgan fingerprint density at radius 2 is 1.81 bits per heavy atom. The monoisotopic (exact) mass is 344 g/mol. The Bertz CT molecular complexity index is 852.